The van der Waals surface area contributed by atoms with Crippen LogP contribution in [0.15, 0.2) is 0 Å². The Hall–Kier alpha value is -0.160. The SMILES string of the molecule is OC1CCC(C2OCCO2)CC1O. The van der Waals surface area contributed by atoms with Crippen molar-refractivity contribution in [1.82, 2.24) is 0 Å². The van der Waals surface area contributed by atoms with E-state index in [1.54, 1.807) is 0 Å². The number of hydrogen-bond donors (Lipinski definition) is 2. The summed E-state index contributed by atoms with van der Waals surface area (Å²) in [5, 5.41) is 18.8. The quantitative estimate of drug-likeness (QED) is 0.602. The third kappa shape index (κ3) is 2.02. The molecule has 3 atom stereocenters. The van der Waals surface area contributed by atoms with E-state index in [0.29, 0.717) is 26.1 Å². The molecule has 1 aliphatic heterocycles. The Bertz CT molecular complexity index is 167. The maximum atomic E-state index is 9.45. The molecule has 2 rings (SSSR count). The Kier molecular flexibility index (Phi) is 2.83. The van der Waals surface area contributed by atoms with E-state index in [9.17, 15) is 10.2 Å². The first kappa shape index (κ1) is 9.40. The van der Waals surface area contributed by atoms with Crippen LogP contribution in [-0.4, -0.2) is 41.9 Å². The summed E-state index contributed by atoms with van der Waals surface area (Å²) in [5.74, 6) is 0.251. The molecule has 76 valence electrons. The van der Waals surface area contributed by atoms with Gasteiger partial charge in [0.1, 0.15) is 0 Å². The third-order valence-electron chi connectivity index (χ3n) is 2.85. The van der Waals surface area contributed by atoms with Crippen LogP contribution in [0.2, 0.25) is 0 Å². The van der Waals surface area contributed by atoms with E-state index < -0.39 is 12.2 Å². The van der Waals surface area contributed by atoms with Gasteiger partial charge in [-0.1, -0.05) is 0 Å². The molecule has 0 aromatic heterocycles. The molecule has 3 unspecified atom stereocenters. The number of ether oxygens (including phenoxy) is 2. The van der Waals surface area contributed by atoms with Gasteiger partial charge in [-0.15, -0.1) is 0 Å². The number of rotatable bonds is 1. The monoisotopic (exact) mass is 188 g/mol. The number of hydrogen-bond acceptors (Lipinski definition) is 4. The third-order valence-corrected chi connectivity index (χ3v) is 2.85. The fourth-order valence-corrected chi connectivity index (χ4v) is 2.06. The second-order valence-electron chi connectivity index (χ2n) is 3.82. The smallest absolute Gasteiger partial charge is 0.160 e. The van der Waals surface area contributed by atoms with Crippen LogP contribution in [0.1, 0.15) is 19.3 Å². The van der Waals surface area contributed by atoms with Crippen molar-refractivity contribution in [3.05, 3.63) is 0 Å². The second kappa shape index (κ2) is 3.92. The molecular weight excluding hydrogens is 172 g/mol. The maximum Gasteiger partial charge on any atom is 0.160 e. The molecule has 2 N–H and O–H groups in total. The van der Waals surface area contributed by atoms with Gasteiger partial charge in [-0.3, -0.25) is 0 Å². The normalized spacial score (nSPS) is 42.5. The first-order valence-electron chi connectivity index (χ1n) is 4.86. The summed E-state index contributed by atoms with van der Waals surface area (Å²) in [5.41, 5.74) is 0. The van der Waals surface area contributed by atoms with Crippen molar-refractivity contribution in [3.63, 3.8) is 0 Å². The van der Waals surface area contributed by atoms with Crippen LogP contribution < -0.4 is 0 Å². The molecule has 4 heteroatoms. The highest BCUT2D eigenvalue weighted by Gasteiger charge is 2.34. The Morgan fingerprint density at radius 3 is 2.23 bits per heavy atom. The van der Waals surface area contributed by atoms with E-state index in [2.05, 4.69) is 0 Å². The molecule has 2 fully saturated rings. The fraction of sp³-hybridized carbons (Fsp3) is 1.00. The molecular formula is C9H16O4. The van der Waals surface area contributed by atoms with E-state index >= 15 is 0 Å². The molecule has 2 aliphatic rings. The summed E-state index contributed by atoms with van der Waals surface area (Å²) in [6.07, 6.45) is 0.801. The van der Waals surface area contributed by atoms with Crippen molar-refractivity contribution < 1.29 is 19.7 Å². The molecule has 0 aromatic rings. The van der Waals surface area contributed by atoms with Gasteiger partial charge in [0.25, 0.3) is 0 Å². The average Bonchev–Trinajstić information content (AvgIpc) is 2.62. The van der Waals surface area contributed by atoms with Crippen molar-refractivity contribution in [3.8, 4) is 0 Å². The van der Waals surface area contributed by atoms with Crippen LogP contribution in [0.4, 0.5) is 0 Å². The van der Waals surface area contributed by atoms with E-state index in [-0.39, 0.29) is 12.2 Å². The van der Waals surface area contributed by atoms with Gasteiger partial charge in [-0.05, 0) is 19.3 Å². The van der Waals surface area contributed by atoms with Crippen molar-refractivity contribution in [1.29, 1.82) is 0 Å². The van der Waals surface area contributed by atoms with Crippen LogP contribution in [-0.2, 0) is 9.47 Å². The lowest BCUT2D eigenvalue weighted by atomic mass is 9.85. The minimum Gasteiger partial charge on any atom is -0.390 e. The standard InChI is InChI=1S/C9H16O4/c10-7-2-1-6(5-8(7)11)9-12-3-4-13-9/h6-11H,1-5H2. The average molecular weight is 188 g/mol. The zero-order valence-corrected chi connectivity index (χ0v) is 7.56. The van der Waals surface area contributed by atoms with Gasteiger partial charge < -0.3 is 19.7 Å². The van der Waals surface area contributed by atoms with Crippen molar-refractivity contribution in [2.24, 2.45) is 5.92 Å². The zero-order valence-electron chi connectivity index (χ0n) is 7.56. The molecule has 0 bridgehead atoms. The highest BCUT2D eigenvalue weighted by Crippen LogP contribution is 2.30. The summed E-state index contributed by atoms with van der Waals surface area (Å²) < 4.78 is 10.7. The molecule has 1 saturated heterocycles. The van der Waals surface area contributed by atoms with Gasteiger partial charge in [0.2, 0.25) is 0 Å². The first-order chi connectivity index (χ1) is 6.27. The number of aliphatic hydroxyl groups is 2. The molecule has 0 amide bonds. The lowest BCUT2D eigenvalue weighted by Crippen LogP contribution is -2.38. The predicted octanol–water partition coefficient (Wildman–Crippen LogP) is -0.119. The Morgan fingerprint density at radius 1 is 0.923 bits per heavy atom. The molecule has 0 aromatic carbocycles. The summed E-state index contributed by atoms with van der Waals surface area (Å²) in [7, 11) is 0. The van der Waals surface area contributed by atoms with E-state index in [1.165, 1.54) is 0 Å². The topological polar surface area (TPSA) is 58.9 Å². The van der Waals surface area contributed by atoms with E-state index in [1.807, 2.05) is 0 Å². The van der Waals surface area contributed by atoms with Crippen molar-refractivity contribution in [2.75, 3.05) is 13.2 Å². The molecule has 1 saturated carbocycles. The van der Waals surface area contributed by atoms with Crippen LogP contribution in [0.25, 0.3) is 0 Å². The first-order valence-corrected chi connectivity index (χ1v) is 4.86. The lowest BCUT2D eigenvalue weighted by Gasteiger charge is -2.32. The van der Waals surface area contributed by atoms with Crippen LogP contribution >= 0.6 is 0 Å². The molecule has 4 nitrogen and oxygen atoms in total. The molecule has 0 spiro atoms. The Balaban J connectivity index is 1.87. The summed E-state index contributed by atoms with van der Waals surface area (Å²) in [4.78, 5) is 0. The summed E-state index contributed by atoms with van der Waals surface area (Å²) >= 11 is 0. The molecule has 13 heavy (non-hydrogen) atoms. The highest BCUT2D eigenvalue weighted by molar-refractivity contribution is 4.81. The van der Waals surface area contributed by atoms with Crippen molar-refractivity contribution >= 4 is 0 Å². The molecule has 1 aliphatic carbocycles. The maximum absolute atomic E-state index is 9.45. The second-order valence-corrected chi connectivity index (χ2v) is 3.82. The highest BCUT2D eigenvalue weighted by atomic mass is 16.7. The van der Waals surface area contributed by atoms with Crippen LogP contribution in [0.5, 0.6) is 0 Å². The Morgan fingerprint density at radius 2 is 1.62 bits per heavy atom. The minimum atomic E-state index is -0.605. The summed E-state index contributed by atoms with van der Waals surface area (Å²) in [6.45, 7) is 1.31. The van der Waals surface area contributed by atoms with E-state index in [0.717, 1.165) is 6.42 Å². The predicted molar refractivity (Wildman–Crippen MR) is 45.0 cm³/mol. The van der Waals surface area contributed by atoms with Gasteiger partial charge in [0.15, 0.2) is 6.29 Å². The Labute approximate surface area is 77.5 Å². The lowest BCUT2D eigenvalue weighted by molar-refractivity contribution is -0.122. The van der Waals surface area contributed by atoms with Crippen LogP contribution in [0, 0.1) is 5.92 Å². The largest absolute Gasteiger partial charge is 0.390 e. The van der Waals surface area contributed by atoms with E-state index in [4.69, 9.17) is 9.47 Å². The van der Waals surface area contributed by atoms with Gasteiger partial charge in [-0.25, -0.2) is 0 Å². The number of aliphatic hydroxyl groups excluding tert-OH is 2. The minimum absolute atomic E-state index is 0.151. The van der Waals surface area contributed by atoms with Crippen molar-refractivity contribution in [2.45, 2.75) is 37.8 Å². The molecule has 1 heterocycles. The van der Waals surface area contributed by atoms with Gasteiger partial charge in [0.05, 0.1) is 25.4 Å². The van der Waals surface area contributed by atoms with Gasteiger partial charge >= 0.3 is 0 Å². The fourth-order valence-electron chi connectivity index (χ4n) is 2.06. The van der Waals surface area contributed by atoms with Gasteiger partial charge in [0, 0.05) is 5.92 Å². The van der Waals surface area contributed by atoms with Gasteiger partial charge in [-0.2, -0.15) is 0 Å². The molecule has 0 radical (unpaired) electrons. The summed E-state index contributed by atoms with van der Waals surface area (Å²) in [6, 6.07) is 0. The van der Waals surface area contributed by atoms with Crippen LogP contribution in [0.3, 0.4) is 0 Å². The zero-order chi connectivity index (χ0) is 9.26.